The van der Waals surface area contributed by atoms with Crippen molar-refractivity contribution >= 4 is 18.4 Å². The molecular formula is C14H15OP. The Morgan fingerprint density at radius 1 is 0.938 bits per heavy atom. The first-order valence-corrected chi connectivity index (χ1v) is 6.76. The van der Waals surface area contributed by atoms with Gasteiger partial charge < -0.3 is 4.57 Å². The Hall–Kier alpha value is -1.33. The number of hydrogen-bond donors (Lipinski definition) is 0. The molecule has 0 aliphatic carbocycles. The third-order valence-corrected chi connectivity index (χ3v) is 4.56. The molecule has 1 nitrogen and oxygen atoms in total. The summed E-state index contributed by atoms with van der Waals surface area (Å²) in [6.45, 7) is 4.04. The van der Waals surface area contributed by atoms with E-state index in [9.17, 15) is 4.57 Å². The molecule has 82 valence electrons. The Balaban J connectivity index is 2.46. The van der Waals surface area contributed by atoms with Crippen molar-refractivity contribution < 1.29 is 4.57 Å². The van der Waals surface area contributed by atoms with Crippen LogP contribution in [0, 0.1) is 13.8 Å². The molecule has 0 heterocycles. The van der Waals surface area contributed by atoms with E-state index in [4.69, 9.17) is 0 Å². The van der Waals surface area contributed by atoms with E-state index < -0.39 is 7.80 Å². The smallest absolute Gasteiger partial charge is 0.132 e. The van der Waals surface area contributed by atoms with Crippen LogP contribution in [0.2, 0.25) is 0 Å². The topological polar surface area (TPSA) is 17.1 Å². The summed E-state index contributed by atoms with van der Waals surface area (Å²) in [6, 6.07) is 15.8. The number of rotatable bonds is 2. The van der Waals surface area contributed by atoms with Gasteiger partial charge in [-0.3, -0.25) is 0 Å². The Bertz CT molecular complexity index is 518. The second-order valence-corrected chi connectivity index (χ2v) is 5.79. The fraction of sp³-hybridized carbons (Fsp3) is 0.143. The van der Waals surface area contributed by atoms with Crippen molar-refractivity contribution in [1.82, 2.24) is 0 Å². The summed E-state index contributed by atoms with van der Waals surface area (Å²) >= 11 is 0. The molecule has 0 saturated heterocycles. The van der Waals surface area contributed by atoms with Crippen LogP contribution < -0.4 is 10.6 Å². The lowest BCUT2D eigenvalue weighted by Gasteiger charge is -2.07. The van der Waals surface area contributed by atoms with E-state index in [1.165, 1.54) is 0 Å². The molecule has 0 aromatic heterocycles. The van der Waals surface area contributed by atoms with Gasteiger partial charge in [-0.2, -0.15) is 0 Å². The van der Waals surface area contributed by atoms with Crippen LogP contribution in [0.1, 0.15) is 11.1 Å². The van der Waals surface area contributed by atoms with Crippen LogP contribution in [0.25, 0.3) is 0 Å². The van der Waals surface area contributed by atoms with E-state index in [0.717, 1.165) is 21.7 Å². The van der Waals surface area contributed by atoms with Gasteiger partial charge >= 0.3 is 0 Å². The van der Waals surface area contributed by atoms with Crippen molar-refractivity contribution in [2.75, 3.05) is 0 Å². The minimum Gasteiger partial charge on any atom is -0.317 e. The van der Waals surface area contributed by atoms with E-state index in [2.05, 4.69) is 6.07 Å². The van der Waals surface area contributed by atoms with Gasteiger partial charge in [0.25, 0.3) is 0 Å². The maximum atomic E-state index is 12.4. The summed E-state index contributed by atoms with van der Waals surface area (Å²) < 4.78 is 12.4. The van der Waals surface area contributed by atoms with Gasteiger partial charge in [0.1, 0.15) is 7.80 Å². The van der Waals surface area contributed by atoms with Crippen molar-refractivity contribution in [2.24, 2.45) is 0 Å². The van der Waals surface area contributed by atoms with Crippen molar-refractivity contribution in [3.8, 4) is 0 Å². The Kier molecular flexibility index (Phi) is 3.26. The third kappa shape index (κ3) is 2.25. The molecule has 2 rings (SSSR count). The van der Waals surface area contributed by atoms with Gasteiger partial charge in [-0.1, -0.05) is 48.0 Å². The van der Waals surface area contributed by atoms with Crippen LogP contribution in [0.3, 0.4) is 0 Å². The first kappa shape index (κ1) is 11.2. The predicted octanol–water partition coefficient (Wildman–Crippen LogP) is 2.81. The number of benzene rings is 2. The van der Waals surface area contributed by atoms with E-state index in [1.54, 1.807) is 0 Å². The molecule has 2 aromatic carbocycles. The first-order valence-electron chi connectivity index (χ1n) is 5.35. The average molecular weight is 230 g/mol. The van der Waals surface area contributed by atoms with Gasteiger partial charge in [0, 0.05) is 10.6 Å². The zero-order valence-electron chi connectivity index (χ0n) is 9.53. The highest BCUT2D eigenvalue weighted by Gasteiger charge is 2.08. The van der Waals surface area contributed by atoms with E-state index >= 15 is 0 Å². The van der Waals surface area contributed by atoms with Crippen molar-refractivity contribution in [3.05, 3.63) is 59.7 Å². The molecule has 1 unspecified atom stereocenters. The van der Waals surface area contributed by atoms with Crippen molar-refractivity contribution in [1.29, 1.82) is 0 Å². The fourth-order valence-corrected chi connectivity index (χ4v) is 3.33. The summed E-state index contributed by atoms with van der Waals surface area (Å²) in [5.41, 5.74) is 2.27. The molecule has 2 aromatic rings. The highest BCUT2D eigenvalue weighted by atomic mass is 31.1. The maximum absolute atomic E-state index is 12.4. The average Bonchev–Trinajstić information content (AvgIpc) is 2.32. The van der Waals surface area contributed by atoms with Gasteiger partial charge in [-0.25, -0.2) is 0 Å². The lowest BCUT2D eigenvalue weighted by atomic mass is 10.2. The summed E-state index contributed by atoms with van der Waals surface area (Å²) in [4.78, 5) is 0. The third-order valence-electron chi connectivity index (χ3n) is 2.67. The zero-order valence-corrected chi connectivity index (χ0v) is 10.5. The molecule has 16 heavy (non-hydrogen) atoms. The number of aryl methyl sites for hydroxylation is 2. The Morgan fingerprint density at radius 2 is 1.62 bits per heavy atom. The predicted molar refractivity (Wildman–Crippen MR) is 70.6 cm³/mol. The molecule has 1 atom stereocenters. The standard InChI is InChI=1S/C14H15OP/c1-11-8-9-12(2)14(10-11)16(15)13-6-4-3-5-7-13/h3-10,16H,1-2H3. The quantitative estimate of drug-likeness (QED) is 0.725. The maximum Gasteiger partial charge on any atom is 0.132 e. The van der Waals surface area contributed by atoms with Crippen LogP contribution in [0.4, 0.5) is 0 Å². The van der Waals surface area contributed by atoms with E-state index in [1.807, 2.05) is 56.3 Å². The Morgan fingerprint density at radius 3 is 2.31 bits per heavy atom. The highest BCUT2D eigenvalue weighted by molar-refractivity contribution is 7.61. The summed E-state index contributed by atoms with van der Waals surface area (Å²) in [5.74, 6) is 0. The van der Waals surface area contributed by atoms with Crippen molar-refractivity contribution in [2.45, 2.75) is 13.8 Å². The highest BCUT2D eigenvalue weighted by Crippen LogP contribution is 2.21. The lowest BCUT2D eigenvalue weighted by molar-refractivity contribution is 0.598. The lowest BCUT2D eigenvalue weighted by Crippen LogP contribution is -2.09. The fourth-order valence-electron chi connectivity index (χ4n) is 1.73. The van der Waals surface area contributed by atoms with Gasteiger partial charge in [0.2, 0.25) is 0 Å². The summed E-state index contributed by atoms with van der Waals surface area (Å²) in [6.07, 6.45) is 0. The summed E-state index contributed by atoms with van der Waals surface area (Å²) in [7, 11) is -1.85. The van der Waals surface area contributed by atoms with Gasteiger partial charge in [-0.15, -0.1) is 0 Å². The second kappa shape index (κ2) is 4.67. The second-order valence-electron chi connectivity index (χ2n) is 4.01. The molecule has 0 spiro atoms. The molecule has 0 amide bonds. The SMILES string of the molecule is Cc1ccc(C)c([PH](=O)c2ccccc2)c1. The van der Waals surface area contributed by atoms with Crippen LogP contribution in [-0.2, 0) is 4.57 Å². The first-order chi connectivity index (χ1) is 7.68. The van der Waals surface area contributed by atoms with Crippen molar-refractivity contribution in [3.63, 3.8) is 0 Å². The Labute approximate surface area is 96.9 Å². The molecule has 0 aliphatic rings. The van der Waals surface area contributed by atoms with Crippen LogP contribution >= 0.6 is 7.80 Å². The summed E-state index contributed by atoms with van der Waals surface area (Å²) in [5, 5.41) is 1.91. The molecular weight excluding hydrogens is 215 g/mol. The molecule has 2 heteroatoms. The normalized spacial score (nSPS) is 12.4. The zero-order chi connectivity index (χ0) is 11.5. The van der Waals surface area contributed by atoms with Crippen LogP contribution in [0.15, 0.2) is 48.5 Å². The van der Waals surface area contributed by atoms with E-state index in [-0.39, 0.29) is 0 Å². The van der Waals surface area contributed by atoms with E-state index in [0.29, 0.717) is 0 Å². The van der Waals surface area contributed by atoms with Crippen LogP contribution in [-0.4, -0.2) is 0 Å². The van der Waals surface area contributed by atoms with Gasteiger partial charge in [0.15, 0.2) is 0 Å². The molecule has 0 saturated carbocycles. The van der Waals surface area contributed by atoms with Gasteiger partial charge in [-0.05, 0) is 25.5 Å². The molecule has 0 bridgehead atoms. The molecule has 0 radical (unpaired) electrons. The monoisotopic (exact) mass is 230 g/mol. The minimum absolute atomic E-state index is 0.932. The largest absolute Gasteiger partial charge is 0.317 e. The molecule has 0 N–H and O–H groups in total. The number of hydrogen-bond acceptors (Lipinski definition) is 1. The van der Waals surface area contributed by atoms with Gasteiger partial charge in [0.05, 0.1) is 0 Å². The van der Waals surface area contributed by atoms with Crippen LogP contribution in [0.5, 0.6) is 0 Å². The molecule has 0 aliphatic heterocycles. The molecule has 0 fully saturated rings. The minimum atomic E-state index is -1.85.